The van der Waals surface area contributed by atoms with Gasteiger partial charge in [-0.05, 0) is 12.1 Å². The van der Waals surface area contributed by atoms with Gasteiger partial charge in [-0.1, -0.05) is 0 Å². The summed E-state index contributed by atoms with van der Waals surface area (Å²) < 4.78 is 22.5. The lowest BCUT2D eigenvalue weighted by Gasteiger charge is -2.12. The first-order chi connectivity index (χ1) is 12.1. The number of fused-ring (bicyclic) bond motifs is 4. The summed E-state index contributed by atoms with van der Waals surface area (Å²) in [7, 11) is 1.38. The van der Waals surface area contributed by atoms with Crippen LogP contribution >= 0.6 is 0 Å². The second-order valence-corrected chi connectivity index (χ2v) is 5.48. The van der Waals surface area contributed by atoms with Crippen LogP contribution in [0.3, 0.4) is 0 Å². The Labute approximate surface area is 141 Å². The lowest BCUT2D eigenvalue weighted by atomic mass is 10.1. The van der Waals surface area contributed by atoms with Crippen molar-refractivity contribution in [1.82, 2.24) is 4.57 Å². The summed E-state index contributed by atoms with van der Waals surface area (Å²) in [5.74, 6) is 3.56. The summed E-state index contributed by atoms with van der Waals surface area (Å²) in [5, 5.41) is 1.56. The summed E-state index contributed by atoms with van der Waals surface area (Å²) in [6, 6.07) is 4.88. The van der Waals surface area contributed by atoms with Gasteiger partial charge in [-0.25, -0.2) is 4.79 Å². The highest BCUT2D eigenvalue weighted by Crippen LogP contribution is 2.37. The lowest BCUT2D eigenvalue weighted by molar-refractivity contribution is 0.174. The topological polar surface area (TPSA) is 79.9 Å². The van der Waals surface area contributed by atoms with E-state index in [1.54, 1.807) is 18.2 Å². The molecule has 1 aliphatic rings. The average molecular weight is 339 g/mol. The molecule has 3 heterocycles. The molecular formula is C18H13NO6. The van der Waals surface area contributed by atoms with Crippen molar-refractivity contribution in [3.8, 4) is 29.6 Å². The van der Waals surface area contributed by atoms with Gasteiger partial charge >= 0.3 is 5.63 Å². The van der Waals surface area contributed by atoms with Gasteiger partial charge in [-0.2, -0.15) is 0 Å². The zero-order chi connectivity index (χ0) is 17.6. The molecule has 0 atom stereocenters. The first-order valence-electron chi connectivity index (χ1n) is 7.55. The first kappa shape index (κ1) is 15.1. The molecule has 0 aliphatic carbocycles. The zero-order valence-electron chi connectivity index (χ0n) is 13.3. The molecule has 0 radical (unpaired) electrons. The number of aromatic nitrogens is 1. The Morgan fingerprint density at radius 3 is 2.56 bits per heavy atom. The molecular weight excluding hydrogens is 326 g/mol. The fourth-order valence-corrected chi connectivity index (χ4v) is 2.94. The number of nitrogens with zero attached hydrogens (tertiary/aromatic N) is 1. The molecule has 25 heavy (non-hydrogen) atoms. The van der Waals surface area contributed by atoms with Crippen molar-refractivity contribution in [2.45, 2.75) is 13.0 Å². The van der Waals surface area contributed by atoms with Crippen LogP contribution in [-0.2, 0) is 6.54 Å². The van der Waals surface area contributed by atoms with Crippen molar-refractivity contribution in [1.29, 1.82) is 0 Å². The highest BCUT2D eigenvalue weighted by Gasteiger charge is 2.21. The molecule has 0 saturated heterocycles. The third-order valence-corrected chi connectivity index (χ3v) is 4.12. The van der Waals surface area contributed by atoms with Gasteiger partial charge in [0, 0.05) is 29.8 Å². The number of hydrogen-bond donors (Lipinski definition) is 0. The minimum atomic E-state index is -0.663. The van der Waals surface area contributed by atoms with Crippen molar-refractivity contribution < 1.29 is 18.6 Å². The molecule has 7 heteroatoms. The van der Waals surface area contributed by atoms with Crippen LogP contribution in [0.2, 0.25) is 0 Å². The van der Waals surface area contributed by atoms with E-state index in [0.29, 0.717) is 34.1 Å². The van der Waals surface area contributed by atoms with Crippen molar-refractivity contribution in [3.63, 3.8) is 0 Å². The van der Waals surface area contributed by atoms with Crippen LogP contribution in [0.5, 0.6) is 17.2 Å². The Morgan fingerprint density at radius 1 is 1.16 bits per heavy atom. The van der Waals surface area contributed by atoms with Crippen molar-refractivity contribution in [3.05, 3.63) is 39.0 Å². The van der Waals surface area contributed by atoms with Gasteiger partial charge < -0.3 is 18.6 Å². The molecule has 0 amide bonds. The van der Waals surface area contributed by atoms with E-state index in [9.17, 15) is 9.59 Å². The minimum Gasteiger partial charge on any atom is -0.490 e. The van der Waals surface area contributed by atoms with Crippen LogP contribution in [0.25, 0.3) is 21.9 Å². The third-order valence-electron chi connectivity index (χ3n) is 4.12. The smallest absolute Gasteiger partial charge is 0.380 e. The number of methoxy groups -OCH3 is 1. The number of terminal acetylenes is 1. The predicted molar refractivity (Wildman–Crippen MR) is 90.4 cm³/mol. The minimum absolute atomic E-state index is 0.0496. The molecule has 1 aliphatic heterocycles. The number of ether oxygens (including phenoxy) is 3. The fourth-order valence-electron chi connectivity index (χ4n) is 2.94. The quantitative estimate of drug-likeness (QED) is 0.535. The van der Waals surface area contributed by atoms with Crippen LogP contribution in [0.15, 0.2) is 32.2 Å². The summed E-state index contributed by atoms with van der Waals surface area (Å²) in [5.41, 5.74) is -0.828. The monoisotopic (exact) mass is 339 g/mol. The van der Waals surface area contributed by atoms with E-state index in [-0.39, 0.29) is 30.4 Å². The second-order valence-electron chi connectivity index (χ2n) is 5.48. The SMILES string of the molecule is C#CCCn1c(=O)c2cc3c(cc2c2cc(OC)c(=O)oc21)OCO3. The molecule has 0 unspecified atom stereocenters. The van der Waals surface area contributed by atoms with E-state index in [1.165, 1.54) is 11.7 Å². The maximum Gasteiger partial charge on any atom is 0.380 e. The number of hydrogen-bond acceptors (Lipinski definition) is 6. The van der Waals surface area contributed by atoms with Crippen LogP contribution in [0, 0.1) is 12.3 Å². The molecule has 0 bridgehead atoms. The summed E-state index contributed by atoms with van der Waals surface area (Å²) in [4.78, 5) is 25.0. The van der Waals surface area contributed by atoms with Crippen LogP contribution in [-0.4, -0.2) is 18.5 Å². The Morgan fingerprint density at radius 2 is 1.88 bits per heavy atom. The van der Waals surface area contributed by atoms with E-state index in [1.807, 2.05) is 0 Å². The fraction of sp³-hybridized carbons (Fsp3) is 0.222. The molecule has 2 aromatic heterocycles. The van der Waals surface area contributed by atoms with Crippen LogP contribution in [0.4, 0.5) is 0 Å². The van der Waals surface area contributed by atoms with Gasteiger partial charge in [0.15, 0.2) is 11.5 Å². The van der Waals surface area contributed by atoms with Crippen LogP contribution < -0.4 is 25.4 Å². The van der Waals surface area contributed by atoms with Crippen LogP contribution in [0.1, 0.15) is 6.42 Å². The van der Waals surface area contributed by atoms with E-state index in [4.69, 9.17) is 25.1 Å². The largest absolute Gasteiger partial charge is 0.490 e. The van der Waals surface area contributed by atoms with Gasteiger partial charge in [0.2, 0.25) is 18.3 Å². The highest BCUT2D eigenvalue weighted by molar-refractivity contribution is 6.05. The highest BCUT2D eigenvalue weighted by atomic mass is 16.7. The molecule has 3 aromatic rings. The number of aryl methyl sites for hydroxylation is 1. The summed E-state index contributed by atoms with van der Waals surface area (Å²) >= 11 is 0. The Hall–Kier alpha value is -3.40. The molecule has 0 saturated carbocycles. The van der Waals surface area contributed by atoms with Gasteiger partial charge in [0.05, 0.1) is 12.5 Å². The number of rotatable bonds is 3. The third kappa shape index (κ3) is 2.22. The van der Waals surface area contributed by atoms with E-state index in [2.05, 4.69) is 5.92 Å². The predicted octanol–water partition coefficient (Wildman–Crippen LogP) is 1.87. The molecule has 0 N–H and O–H groups in total. The molecule has 1 aromatic carbocycles. The second kappa shape index (κ2) is 5.60. The van der Waals surface area contributed by atoms with Crippen molar-refractivity contribution in [2.75, 3.05) is 13.9 Å². The van der Waals surface area contributed by atoms with Crippen molar-refractivity contribution in [2.24, 2.45) is 0 Å². The average Bonchev–Trinajstić information content (AvgIpc) is 3.07. The lowest BCUT2D eigenvalue weighted by Crippen LogP contribution is -2.22. The van der Waals surface area contributed by atoms with Crippen molar-refractivity contribution >= 4 is 21.9 Å². The standard InChI is InChI=1S/C18H13NO6/c1-3-4-5-19-16(20)11-7-14-13(23-9-24-14)6-10(11)12-8-15(22-2)18(21)25-17(12)19/h1,6-8H,4-5,9H2,2H3. The molecule has 0 fully saturated rings. The summed E-state index contributed by atoms with van der Waals surface area (Å²) in [6.07, 6.45) is 5.64. The molecule has 7 nitrogen and oxygen atoms in total. The van der Waals surface area contributed by atoms with E-state index in [0.717, 1.165) is 0 Å². The Balaban J connectivity index is 2.18. The normalized spacial score (nSPS) is 12.5. The zero-order valence-corrected chi connectivity index (χ0v) is 13.3. The van der Waals surface area contributed by atoms with Gasteiger partial charge in [-0.3, -0.25) is 9.36 Å². The Kier molecular flexibility index (Phi) is 3.39. The summed E-state index contributed by atoms with van der Waals surface area (Å²) in [6.45, 7) is 0.318. The maximum atomic E-state index is 12.9. The van der Waals surface area contributed by atoms with Gasteiger partial charge in [0.1, 0.15) is 0 Å². The molecule has 4 rings (SSSR count). The van der Waals surface area contributed by atoms with E-state index < -0.39 is 5.63 Å². The van der Waals surface area contributed by atoms with Gasteiger partial charge in [-0.15, -0.1) is 12.3 Å². The number of pyridine rings is 1. The first-order valence-corrected chi connectivity index (χ1v) is 7.55. The number of benzene rings is 1. The molecule has 0 spiro atoms. The van der Waals surface area contributed by atoms with E-state index >= 15 is 0 Å². The maximum absolute atomic E-state index is 12.9. The van der Waals surface area contributed by atoms with Gasteiger partial charge in [0.25, 0.3) is 5.56 Å². The molecule has 126 valence electrons. The Bertz CT molecular complexity index is 1160.